The Kier molecular flexibility index (Phi) is 42.6. The van der Waals surface area contributed by atoms with Crippen molar-refractivity contribution in [3.05, 3.63) is 122 Å². The van der Waals surface area contributed by atoms with Gasteiger partial charge in [0.05, 0.1) is 32.0 Å². The highest BCUT2D eigenvalue weighted by Gasteiger charge is 2.51. The molecule has 0 spiro atoms. The second kappa shape index (κ2) is 47.2. The number of unbranched alkanes of at least 4 members (excludes halogenated alkanes) is 13. The summed E-state index contributed by atoms with van der Waals surface area (Å²) in [6, 6.07) is -0.932. The van der Waals surface area contributed by atoms with Gasteiger partial charge in [-0.15, -0.1) is 0 Å². The zero-order chi connectivity index (χ0) is 56.0. The Labute approximate surface area is 463 Å². The molecule has 0 radical (unpaired) electrons. The molecule has 14 heteroatoms. The predicted molar refractivity (Wildman–Crippen MR) is 308 cm³/mol. The zero-order valence-corrected chi connectivity index (χ0v) is 46.9. The van der Waals surface area contributed by atoms with Crippen LogP contribution >= 0.6 is 0 Å². The number of ether oxygens (including phenoxy) is 4. The Balaban J connectivity index is 1.69. The van der Waals surface area contributed by atoms with Crippen LogP contribution in [-0.2, 0) is 23.7 Å². The van der Waals surface area contributed by atoms with Crippen LogP contribution in [0.1, 0.15) is 174 Å². The molecule has 12 unspecified atom stereocenters. The van der Waals surface area contributed by atoms with Crippen LogP contribution in [0.15, 0.2) is 122 Å². The largest absolute Gasteiger partial charge is 0.394 e. The lowest BCUT2D eigenvalue weighted by Gasteiger charge is -2.46. The van der Waals surface area contributed by atoms with Crippen LogP contribution in [0.5, 0.6) is 0 Å². The first-order valence-electron chi connectivity index (χ1n) is 29.3. The number of rotatable bonds is 44. The smallest absolute Gasteiger partial charge is 0.220 e. The molecule has 0 aromatic heterocycles. The van der Waals surface area contributed by atoms with Crippen molar-refractivity contribution in [3.63, 3.8) is 0 Å². The molecule has 77 heavy (non-hydrogen) atoms. The van der Waals surface area contributed by atoms with Gasteiger partial charge in [-0.25, -0.2) is 0 Å². The molecule has 2 saturated heterocycles. The van der Waals surface area contributed by atoms with Crippen molar-refractivity contribution in [1.29, 1.82) is 0 Å². The van der Waals surface area contributed by atoms with Crippen molar-refractivity contribution in [1.82, 2.24) is 5.32 Å². The number of aliphatic hydroxyl groups excluding tert-OH is 8. The van der Waals surface area contributed by atoms with Gasteiger partial charge >= 0.3 is 0 Å². The van der Waals surface area contributed by atoms with E-state index in [1.807, 2.05) is 6.08 Å². The number of allylic oxidation sites excluding steroid dienone is 19. The molecule has 0 aromatic carbocycles. The molecule has 2 fully saturated rings. The standard InChI is InChI=1S/C63H103NO13/c1-3-5-7-9-11-13-15-16-17-18-19-20-21-22-23-24-25-26-27-28-29-30-31-32-33-34-35-36-37-39-41-43-45-47-55(68)64-51(52(67)46-44-42-40-38-14-12-10-8-6-4-2)50-74-62-60(73)58(71)61(54(49-66)76-62)77-63-59(72)57(70)56(69)53(48-65)75-63/h5,7,11,13,16-17,19-20,22-23,25-26,28-29,31-32,34-35,44,46,51-54,56-63,65-67,69-73H,3-4,6,8-10,12,14-15,18,21,24,27,30,33,36-43,45,47-50H2,1-2H3,(H,64,68)/b7-5-,13-11-,17-16-,20-19-,23-22-,26-25-,29-28-,32-31-,35-34-,46-44+. The van der Waals surface area contributed by atoms with E-state index in [4.69, 9.17) is 18.9 Å². The average molecular weight is 1080 g/mol. The van der Waals surface area contributed by atoms with Crippen LogP contribution < -0.4 is 5.32 Å². The van der Waals surface area contributed by atoms with Gasteiger partial charge in [0.2, 0.25) is 5.91 Å². The lowest BCUT2D eigenvalue weighted by molar-refractivity contribution is -0.359. The Hall–Kier alpha value is -3.61. The summed E-state index contributed by atoms with van der Waals surface area (Å²) in [5, 5.41) is 86.8. The number of carbonyl (C=O) groups excluding carboxylic acids is 1. The second-order valence-electron chi connectivity index (χ2n) is 20.0. The van der Waals surface area contributed by atoms with Crippen LogP contribution in [0, 0.1) is 0 Å². The average Bonchev–Trinajstić information content (AvgIpc) is 3.45. The van der Waals surface area contributed by atoms with E-state index >= 15 is 0 Å². The lowest BCUT2D eigenvalue weighted by atomic mass is 9.97. The van der Waals surface area contributed by atoms with Crippen molar-refractivity contribution in [2.75, 3.05) is 19.8 Å². The summed E-state index contributed by atoms with van der Waals surface area (Å²) in [4.78, 5) is 13.2. The number of hydrogen-bond donors (Lipinski definition) is 9. The molecule has 0 saturated carbocycles. The molecule has 2 rings (SSSR count). The van der Waals surface area contributed by atoms with Crippen molar-refractivity contribution >= 4 is 5.91 Å². The molecule has 9 N–H and O–H groups in total. The minimum atomic E-state index is -1.80. The molecule has 2 heterocycles. The Bertz CT molecular complexity index is 1750. The van der Waals surface area contributed by atoms with Crippen LogP contribution in [0.4, 0.5) is 0 Å². The fourth-order valence-electron chi connectivity index (χ4n) is 8.69. The van der Waals surface area contributed by atoms with E-state index in [1.165, 1.54) is 32.1 Å². The third-order valence-electron chi connectivity index (χ3n) is 13.4. The highest BCUT2D eigenvalue weighted by Crippen LogP contribution is 2.30. The molecule has 1 amide bonds. The number of hydrogen-bond acceptors (Lipinski definition) is 13. The minimum absolute atomic E-state index is 0.250. The third kappa shape index (κ3) is 32.9. The Morgan fingerprint density at radius 1 is 0.481 bits per heavy atom. The molecule has 0 aliphatic carbocycles. The maximum absolute atomic E-state index is 13.2. The van der Waals surface area contributed by atoms with E-state index in [-0.39, 0.29) is 18.9 Å². The fourth-order valence-corrected chi connectivity index (χ4v) is 8.69. The molecule has 0 aromatic rings. The fraction of sp³-hybridized carbons (Fsp3) is 0.667. The summed E-state index contributed by atoms with van der Waals surface area (Å²) >= 11 is 0. The summed E-state index contributed by atoms with van der Waals surface area (Å²) in [5.41, 5.74) is 0. The quantitative estimate of drug-likeness (QED) is 0.0205. The van der Waals surface area contributed by atoms with Gasteiger partial charge in [0.1, 0.15) is 48.8 Å². The van der Waals surface area contributed by atoms with E-state index < -0.39 is 86.8 Å². The molecule has 2 aliphatic heterocycles. The molecule has 0 bridgehead atoms. The van der Waals surface area contributed by atoms with Gasteiger partial charge < -0.3 is 65.1 Å². The van der Waals surface area contributed by atoms with Gasteiger partial charge in [0.25, 0.3) is 0 Å². The number of aliphatic hydroxyl groups is 8. The van der Waals surface area contributed by atoms with Crippen LogP contribution in [0.3, 0.4) is 0 Å². The number of nitrogens with one attached hydrogen (secondary N) is 1. The van der Waals surface area contributed by atoms with Gasteiger partial charge in [0.15, 0.2) is 12.6 Å². The Morgan fingerprint density at radius 2 is 0.896 bits per heavy atom. The van der Waals surface area contributed by atoms with Gasteiger partial charge in [-0.05, 0) is 89.9 Å². The first kappa shape index (κ1) is 69.5. The molecular formula is C63H103NO13. The highest BCUT2D eigenvalue weighted by atomic mass is 16.7. The van der Waals surface area contributed by atoms with Gasteiger partial charge in [-0.2, -0.15) is 0 Å². The van der Waals surface area contributed by atoms with E-state index in [2.05, 4.69) is 129 Å². The van der Waals surface area contributed by atoms with Crippen LogP contribution in [-0.4, -0.2) is 140 Å². The van der Waals surface area contributed by atoms with E-state index in [0.717, 1.165) is 116 Å². The minimum Gasteiger partial charge on any atom is -0.394 e. The summed E-state index contributed by atoms with van der Waals surface area (Å²) in [5.74, 6) is -0.267. The second-order valence-corrected chi connectivity index (χ2v) is 20.0. The maximum atomic E-state index is 13.2. The predicted octanol–water partition coefficient (Wildman–Crippen LogP) is 9.83. The maximum Gasteiger partial charge on any atom is 0.220 e. The van der Waals surface area contributed by atoms with Crippen molar-refractivity contribution < 1.29 is 64.6 Å². The van der Waals surface area contributed by atoms with E-state index in [9.17, 15) is 45.6 Å². The summed E-state index contributed by atoms with van der Waals surface area (Å²) in [6.07, 6.45) is 51.1. The zero-order valence-electron chi connectivity index (χ0n) is 46.9. The molecule has 14 nitrogen and oxygen atoms in total. The van der Waals surface area contributed by atoms with Gasteiger partial charge in [0, 0.05) is 6.42 Å². The first-order valence-corrected chi connectivity index (χ1v) is 29.3. The number of amides is 1. The molecule has 438 valence electrons. The molecular weight excluding hydrogens is 979 g/mol. The van der Waals surface area contributed by atoms with Gasteiger partial charge in [-0.1, -0.05) is 200 Å². The molecule has 2 aliphatic rings. The van der Waals surface area contributed by atoms with Crippen LogP contribution in [0.2, 0.25) is 0 Å². The third-order valence-corrected chi connectivity index (χ3v) is 13.4. The lowest BCUT2D eigenvalue weighted by Crippen LogP contribution is -2.65. The topological polar surface area (TPSA) is 228 Å². The monoisotopic (exact) mass is 1080 g/mol. The van der Waals surface area contributed by atoms with Gasteiger partial charge in [-0.3, -0.25) is 4.79 Å². The summed E-state index contributed by atoms with van der Waals surface area (Å²) in [6.45, 7) is 2.61. The van der Waals surface area contributed by atoms with Crippen molar-refractivity contribution in [2.45, 2.75) is 248 Å². The first-order chi connectivity index (χ1) is 37.6. The van der Waals surface area contributed by atoms with Crippen molar-refractivity contribution in [3.8, 4) is 0 Å². The van der Waals surface area contributed by atoms with Crippen LogP contribution in [0.25, 0.3) is 0 Å². The normalized spacial score (nSPS) is 25.6. The highest BCUT2D eigenvalue weighted by molar-refractivity contribution is 5.76. The number of carbonyl (C=O) groups is 1. The molecule has 12 atom stereocenters. The summed E-state index contributed by atoms with van der Waals surface area (Å²) < 4.78 is 22.7. The Morgan fingerprint density at radius 3 is 1.38 bits per heavy atom. The van der Waals surface area contributed by atoms with E-state index in [0.29, 0.717) is 6.42 Å². The SMILES string of the molecule is CC/C=C\C/C=C\C/C=C\C/C=C\C/C=C\C/C=C\C/C=C\C/C=C\C/C=C\CCCCCCCC(=O)NC(COC1OC(CO)C(OC2OC(CO)C(O)C(O)C2O)C(O)C1O)C(O)/C=C/CCCCCCCCCC. The van der Waals surface area contributed by atoms with Crippen molar-refractivity contribution in [2.24, 2.45) is 0 Å². The van der Waals surface area contributed by atoms with E-state index in [1.54, 1.807) is 6.08 Å². The summed E-state index contributed by atoms with van der Waals surface area (Å²) in [7, 11) is 0.